The molecule has 0 aliphatic carbocycles. The van der Waals surface area contributed by atoms with E-state index < -0.39 is 10.0 Å². The van der Waals surface area contributed by atoms with Gasteiger partial charge in [0.05, 0.1) is 11.1 Å². The van der Waals surface area contributed by atoms with Crippen LogP contribution >= 0.6 is 0 Å². The average molecular weight is 360 g/mol. The predicted molar refractivity (Wildman–Crippen MR) is 95.6 cm³/mol. The third-order valence-electron chi connectivity index (χ3n) is 3.81. The molecule has 0 fully saturated rings. The maximum atomic E-state index is 12.3. The molecule has 0 saturated carbocycles. The van der Waals surface area contributed by atoms with Crippen LogP contribution in [0.15, 0.2) is 52.5 Å². The minimum absolute atomic E-state index is 0.0345. The summed E-state index contributed by atoms with van der Waals surface area (Å²) >= 11 is 0. The Morgan fingerprint density at radius 3 is 2.40 bits per heavy atom. The molecule has 1 aliphatic rings. The summed E-state index contributed by atoms with van der Waals surface area (Å²) in [5, 5.41) is 3.83. The second-order valence-electron chi connectivity index (χ2n) is 6.74. The van der Waals surface area contributed by atoms with E-state index in [2.05, 4.69) is 30.7 Å². The fourth-order valence-electron chi connectivity index (χ4n) is 2.35. The van der Waals surface area contributed by atoms with Gasteiger partial charge in [-0.1, -0.05) is 32.9 Å². The lowest BCUT2D eigenvalue weighted by atomic mass is 9.87. The first-order valence-corrected chi connectivity index (χ1v) is 9.29. The molecular weight excluding hydrogens is 340 g/mol. The van der Waals surface area contributed by atoms with E-state index in [9.17, 15) is 8.42 Å². The third-order valence-corrected chi connectivity index (χ3v) is 5.05. The van der Waals surface area contributed by atoms with Gasteiger partial charge >= 0.3 is 0 Å². The Balaban J connectivity index is 1.71. The molecule has 0 radical (unpaired) electrons. The zero-order valence-electron chi connectivity index (χ0n) is 14.3. The Morgan fingerprint density at radius 1 is 1.04 bits per heavy atom. The molecule has 0 amide bonds. The van der Waals surface area contributed by atoms with E-state index in [1.54, 1.807) is 30.3 Å². The number of nitrogens with one attached hydrogen (secondary N) is 1. The topological polar surface area (TPSA) is 77.0 Å². The highest BCUT2D eigenvalue weighted by Crippen LogP contribution is 2.32. The SMILES string of the molecule is CC(C)(C)c1ccc(S(=O)(=O)NN=Cc2ccc3c(c2)OCO3)cc1. The van der Waals surface area contributed by atoms with Crippen molar-refractivity contribution < 1.29 is 17.9 Å². The molecule has 0 atom stereocenters. The molecule has 0 bridgehead atoms. The Bertz CT molecular complexity index is 898. The van der Waals surface area contributed by atoms with Crippen LogP contribution in [0, 0.1) is 0 Å². The molecule has 1 heterocycles. The summed E-state index contributed by atoms with van der Waals surface area (Å²) in [6, 6.07) is 12.1. The van der Waals surface area contributed by atoms with Gasteiger partial charge in [0.1, 0.15) is 0 Å². The summed E-state index contributed by atoms with van der Waals surface area (Å²) in [6.07, 6.45) is 1.42. The Morgan fingerprint density at radius 2 is 1.72 bits per heavy atom. The van der Waals surface area contributed by atoms with Crippen molar-refractivity contribution in [1.29, 1.82) is 0 Å². The molecule has 25 heavy (non-hydrogen) atoms. The molecular formula is C18H20N2O4S. The van der Waals surface area contributed by atoms with Crippen LogP contribution < -0.4 is 14.3 Å². The van der Waals surface area contributed by atoms with Gasteiger partial charge < -0.3 is 9.47 Å². The minimum Gasteiger partial charge on any atom is -0.454 e. The quantitative estimate of drug-likeness (QED) is 0.672. The maximum absolute atomic E-state index is 12.3. The summed E-state index contributed by atoms with van der Waals surface area (Å²) in [5.41, 5.74) is 1.73. The normalized spacial score (nSPS) is 14.0. The van der Waals surface area contributed by atoms with Crippen molar-refractivity contribution in [3.8, 4) is 11.5 Å². The van der Waals surface area contributed by atoms with Gasteiger partial charge in [-0.25, -0.2) is 4.83 Å². The largest absolute Gasteiger partial charge is 0.454 e. The molecule has 2 aromatic rings. The van der Waals surface area contributed by atoms with Crippen LogP contribution in [-0.2, 0) is 15.4 Å². The van der Waals surface area contributed by atoms with E-state index in [4.69, 9.17) is 9.47 Å². The molecule has 0 spiro atoms. The van der Waals surface area contributed by atoms with Crippen LogP contribution in [0.1, 0.15) is 31.9 Å². The van der Waals surface area contributed by atoms with Crippen LogP contribution in [0.25, 0.3) is 0 Å². The van der Waals surface area contributed by atoms with Gasteiger partial charge in [0.15, 0.2) is 11.5 Å². The molecule has 1 N–H and O–H groups in total. The van der Waals surface area contributed by atoms with E-state index in [0.29, 0.717) is 17.1 Å². The summed E-state index contributed by atoms with van der Waals surface area (Å²) in [4.78, 5) is 2.39. The highest BCUT2D eigenvalue weighted by molar-refractivity contribution is 7.89. The lowest BCUT2D eigenvalue weighted by molar-refractivity contribution is 0.174. The Kier molecular flexibility index (Phi) is 4.43. The van der Waals surface area contributed by atoms with Gasteiger partial charge in [-0.05, 0) is 46.9 Å². The lowest BCUT2D eigenvalue weighted by Crippen LogP contribution is -2.19. The van der Waals surface area contributed by atoms with Crippen molar-refractivity contribution in [2.24, 2.45) is 5.10 Å². The summed E-state index contributed by atoms with van der Waals surface area (Å²) in [5.74, 6) is 1.28. The van der Waals surface area contributed by atoms with Crippen molar-refractivity contribution in [2.45, 2.75) is 31.1 Å². The van der Waals surface area contributed by atoms with E-state index in [0.717, 1.165) is 5.56 Å². The first-order chi connectivity index (χ1) is 11.8. The van der Waals surface area contributed by atoms with Gasteiger partial charge in [0.2, 0.25) is 6.79 Å². The minimum atomic E-state index is -3.71. The molecule has 1 aliphatic heterocycles. The second kappa shape index (κ2) is 6.40. The molecule has 7 heteroatoms. The Hall–Kier alpha value is -2.54. The third kappa shape index (κ3) is 3.93. The zero-order chi connectivity index (χ0) is 18.1. The molecule has 3 rings (SSSR count). The first-order valence-electron chi connectivity index (χ1n) is 7.81. The van der Waals surface area contributed by atoms with Crippen LogP contribution in [0.2, 0.25) is 0 Å². The van der Waals surface area contributed by atoms with Crippen molar-refractivity contribution in [3.05, 3.63) is 53.6 Å². The van der Waals surface area contributed by atoms with E-state index >= 15 is 0 Å². The number of rotatable bonds is 4. The molecule has 0 unspecified atom stereocenters. The monoisotopic (exact) mass is 360 g/mol. The molecule has 2 aromatic carbocycles. The number of sulfonamides is 1. The van der Waals surface area contributed by atoms with E-state index in [1.807, 2.05) is 12.1 Å². The zero-order valence-corrected chi connectivity index (χ0v) is 15.1. The van der Waals surface area contributed by atoms with Gasteiger partial charge in [0.25, 0.3) is 10.0 Å². The van der Waals surface area contributed by atoms with Crippen LogP contribution in [0.4, 0.5) is 0 Å². The van der Waals surface area contributed by atoms with Gasteiger partial charge in [-0.3, -0.25) is 0 Å². The van der Waals surface area contributed by atoms with E-state index in [1.165, 1.54) is 6.21 Å². The van der Waals surface area contributed by atoms with Crippen LogP contribution in [0.3, 0.4) is 0 Å². The second-order valence-corrected chi connectivity index (χ2v) is 8.40. The molecule has 0 aromatic heterocycles. The summed E-state index contributed by atoms with van der Waals surface area (Å²) < 4.78 is 35.1. The predicted octanol–water partition coefficient (Wildman–Crippen LogP) is 3.03. The summed E-state index contributed by atoms with van der Waals surface area (Å²) in [7, 11) is -3.71. The number of nitrogens with zero attached hydrogens (tertiary/aromatic N) is 1. The molecule has 132 valence electrons. The lowest BCUT2D eigenvalue weighted by Gasteiger charge is -2.19. The van der Waals surface area contributed by atoms with Crippen molar-refractivity contribution in [3.63, 3.8) is 0 Å². The molecule has 6 nitrogen and oxygen atoms in total. The highest BCUT2D eigenvalue weighted by atomic mass is 32.2. The number of benzene rings is 2. The van der Waals surface area contributed by atoms with Crippen LogP contribution in [0.5, 0.6) is 11.5 Å². The number of hydrogen-bond acceptors (Lipinski definition) is 5. The summed E-state index contributed by atoms with van der Waals surface area (Å²) in [6.45, 7) is 6.41. The van der Waals surface area contributed by atoms with Crippen molar-refractivity contribution >= 4 is 16.2 Å². The fraction of sp³-hybridized carbons (Fsp3) is 0.278. The van der Waals surface area contributed by atoms with Gasteiger partial charge in [-0.2, -0.15) is 13.5 Å². The number of hydrazone groups is 1. The van der Waals surface area contributed by atoms with Gasteiger partial charge in [0, 0.05) is 0 Å². The smallest absolute Gasteiger partial charge is 0.276 e. The Labute approximate surface area is 147 Å². The number of hydrogen-bond donors (Lipinski definition) is 1. The van der Waals surface area contributed by atoms with Crippen molar-refractivity contribution in [2.75, 3.05) is 6.79 Å². The van der Waals surface area contributed by atoms with E-state index in [-0.39, 0.29) is 17.1 Å². The highest BCUT2D eigenvalue weighted by Gasteiger charge is 2.17. The van der Waals surface area contributed by atoms with Gasteiger partial charge in [-0.15, -0.1) is 0 Å². The number of ether oxygens (including phenoxy) is 2. The first kappa shape index (κ1) is 17.3. The maximum Gasteiger partial charge on any atom is 0.276 e. The average Bonchev–Trinajstić information content (AvgIpc) is 3.02. The fourth-order valence-corrected chi connectivity index (χ4v) is 3.14. The van der Waals surface area contributed by atoms with Crippen LogP contribution in [-0.4, -0.2) is 21.4 Å². The standard InChI is InChI=1S/C18H20N2O4S/c1-18(2,3)14-5-7-15(8-6-14)25(21,22)20-19-11-13-4-9-16-17(10-13)24-12-23-16/h4-11,20H,12H2,1-3H3. The van der Waals surface area contributed by atoms with Crippen molar-refractivity contribution in [1.82, 2.24) is 4.83 Å². The molecule has 0 saturated heterocycles. The number of fused-ring (bicyclic) bond motifs is 1.